The van der Waals surface area contributed by atoms with Crippen molar-refractivity contribution in [1.82, 2.24) is 0 Å². The lowest BCUT2D eigenvalue weighted by molar-refractivity contribution is 0.0690. The summed E-state index contributed by atoms with van der Waals surface area (Å²) in [5.41, 5.74) is 1.40. The third-order valence-electron chi connectivity index (χ3n) is 4.50. The molecule has 0 fully saturated rings. The number of benzene rings is 1. The van der Waals surface area contributed by atoms with Crippen LogP contribution in [0.5, 0.6) is 0 Å². The van der Waals surface area contributed by atoms with E-state index in [1.165, 1.54) is 15.6 Å². The number of thiophene rings is 1. The molecule has 0 amide bonds. The topological polar surface area (TPSA) is 9.23 Å². The van der Waals surface area contributed by atoms with Crippen LogP contribution >= 0.6 is 33.9 Å². The molecule has 120 valence electrons. The Labute approximate surface area is 153 Å². The van der Waals surface area contributed by atoms with Crippen LogP contribution in [0.15, 0.2) is 39.8 Å². The highest BCUT2D eigenvalue weighted by Crippen LogP contribution is 2.31. The fourth-order valence-electron chi connectivity index (χ4n) is 2.16. The maximum Gasteiger partial charge on any atom is 0.0804 e. The van der Waals surface area contributed by atoms with E-state index in [-0.39, 0.29) is 6.10 Å². The molecule has 1 unspecified atom stereocenters. The van der Waals surface area contributed by atoms with Crippen molar-refractivity contribution >= 4 is 52.8 Å². The first-order chi connectivity index (χ1) is 10.4. The molecule has 2 rings (SSSR count). The molecule has 0 aliphatic rings. The second-order valence-corrected chi connectivity index (χ2v) is 12.3. The summed E-state index contributed by atoms with van der Waals surface area (Å²) >= 11 is 4.11. The maximum absolute atomic E-state index is 6.28. The van der Waals surface area contributed by atoms with E-state index in [4.69, 9.17) is 4.74 Å². The quantitative estimate of drug-likeness (QED) is 0.374. The van der Waals surface area contributed by atoms with Gasteiger partial charge < -0.3 is 4.74 Å². The molecule has 0 saturated heterocycles. The van der Waals surface area contributed by atoms with Crippen molar-refractivity contribution in [2.45, 2.75) is 44.5 Å². The fourth-order valence-corrected chi connectivity index (χ4v) is 4.03. The van der Waals surface area contributed by atoms with Crippen LogP contribution < -0.4 is 0 Å². The lowest BCUT2D eigenvalue weighted by atomic mass is 10.1. The zero-order valence-electron chi connectivity index (χ0n) is 13.8. The molecular formula is C18H25IOSSi. The molecule has 0 spiro atoms. The van der Waals surface area contributed by atoms with E-state index in [1.807, 2.05) is 11.3 Å². The molecule has 2 aromatic rings. The first kappa shape index (κ1) is 18.2. The van der Waals surface area contributed by atoms with Crippen molar-refractivity contribution < 1.29 is 4.74 Å². The van der Waals surface area contributed by atoms with Gasteiger partial charge in [-0.1, -0.05) is 67.7 Å². The van der Waals surface area contributed by atoms with Gasteiger partial charge in [-0.25, -0.2) is 0 Å². The first-order valence-electron chi connectivity index (χ1n) is 7.77. The van der Waals surface area contributed by atoms with Gasteiger partial charge in [0.25, 0.3) is 0 Å². The smallest absolute Gasteiger partial charge is 0.0804 e. The van der Waals surface area contributed by atoms with E-state index in [9.17, 15) is 0 Å². The molecule has 4 heteroatoms. The number of rotatable bonds is 7. The molecule has 22 heavy (non-hydrogen) atoms. The minimum absolute atomic E-state index is 0.168. The van der Waals surface area contributed by atoms with Gasteiger partial charge in [0.1, 0.15) is 0 Å². The Hall–Kier alpha value is -0.173. The SMILES string of the molecule is C[SiH](C)C(C)(C)COC(/C=C/I)Cc1csc2ccccc12. The number of hydrogen-bond acceptors (Lipinski definition) is 2. The van der Waals surface area contributed by atoms with Crippen LogP contribution in [0.1, 0.15) is 19.4 Å². The second-order valence-electron chi connectivity index (χ2n) is 6.77. The monoisotopic (exact) mass is 444 g/mol. The summed E-state index contributed by atoms with van der Waals surface area (Å²) in [5, 5.41) is 4.00. The highest BCUT2D eigenvalue weighted by Gasteiger charge is 2.25. The molecular weight excluding hydrogens is 419 g/mol. The van der Waals surface area contributed by atoms with Gasteiger partial charge in [-0.3, -0.25) is 0 Å². The molecule has 0 aliphatic heterocycles. The lowest BCUT2D eigenvalue weighted by Gasteiger charge is -2.29. The summed E-state index contributed by atoms with van der Waals surface area (Å²) in [6, 6.07) is 8.64. The van der Waals surface area contributed by atoms with Crippen LogP contribution in [0.4, 0.5) is 0 Å². The maximum atomic E-state index is 6.28. The summed E-state index contributed by atoms with van der Waals surface area (Å²) in [6.45, 7) is 10.3. The minimum Gasteiger partial charge on any atom is -0.374 e. The fraction of sp³-hybridized carbons (Fsp3) is 0.444. The van der Waals surface area contributed by atoms with Gasteiger partial charge in [0, 0.05) is 26.5 Å². The molecule has 0 aliphatic carbocycles. The zero-order valence-corrected chi connectivity index (χ0v) is 17.9. The van der Waals surface area contributed by atoms with Crippen molar-refractivity contribution in [3.8, 4) is 0 Å². The van der Waals surface area contributed by atoms with Crippen LogP contribution in [0.2, 0.25) is 18.1 Å². The summed E-state index contributed by atoms with van der Waals surface area (Å²) in [5.74, 6) is 0. The van der Waals surface area contributed by atoms with Crippen molar-refractivity contribution in [3.63, 3.8) is 0 Å². The molecule has 1 aromatic carbocycles. The predicted octanol–water partition coefficient (Wildman–Crippen LogP) is 6.04. The molecule has 1 atom stereocenters. The third kappa shape index (κ3) is 4.66. The highest BCUT2D eigenvalue weighted by molar-refractivity contribution is 14.1. The Balaban J connectivity index is 2.09. The summed E-state index contributed by atoms with van der Waals surface area (Å²) in [4.78, 5) is 0. The van der Waals surface area contributed by atoms with Gasteiger partial charge in [0.05, 0.1) is 6.10 Å². The van der Waals surface area contributed by atoms with Gasteiger partial charge in [-0.15, -0.1) is 11.3 Å². The molecule has 0 radical (unpaired) electrons. The second kappa shape index (κ2) is 8.08. The van der Waals surface area contributed by atoms with E-state index in [2.05, 4.69) is 89.3 Å². The van der Waals surface area contributed by atoms with Gasteiger partial charge in [0.15, 0.2) is 0 Å². The Bertz CT molecular complexity index is 633. The molecule has 0 bridgehead atoms. The summed E-state index contributed by atoms with van der Waals surface area (Å²) < 4.78 is 9.72. The summed E-state index contributed by atoms with van der Waals surface area (Å²) in [6.07, 6.45) is 3.31. The molecule has 0 N–H and O–H groups in total. The highest BCUT2D eigenvalue weighted by atomic mass is 127. The van der Waals surface area contributed by atoms with E-state index in [1.54, 1.807) is 0 Å². The van der Waals surface area contributed by atoms with Crippen molar-refractivity contribution in [2.75, 3.05) is 6.61 Å². The lowest BCUT2D eigenvalue weighted by Crippen LogP contribution is -2.29. The van der Waals surface area contributed by atoms with Crippen LogP contribution in [-0.4, -0.2) is 21.5 Å². The van der Waals surface area contributed by atoms with Gasteiger partial charge >= 0.3 is 0 Å². The largest absolute Gasteiger partial charge is 0.374 e. The van der Waals surface area contributed by atoms with Crippen LogP contribution in [0, 0.1) is 0 Å². The van der Waals surface area contributed by atoms with Crippen LogP contribution in [-0.2, 0) is 11.2 Å². The third-order valence-corrected chi connectivity index (χ3v) is 9.22. The van der Waals surface area contributed by atoms with Crippen molar-refractivity contribution in [1.29, 1.82) is 0 Å². The van der Waals surface area contributed by atoms with Gasteiger partial charge in [0.2, 0.25) is 0 Å². The number of halogens is 1. The Morgan fingerprint density at radius 1 is 1.32 bits per heavy atom. The van der Waals surface area contributed by atoms with Gasteiger partial charge in [-0.05, 0) is 37.6 Å². The van der Waals surface area contributed by atoms with Crippen molar-refractivity contribution in [2.24, 2.45) is 0 Å². The standard InChI is InChI=1S/C18H25IOSSi/c1-18(2,22(3)4)13-20-15(9-10-19)11-14-12-21-17-8-6-5-7-16(14)17/h5-10,12,15,22H,11,13H2,1-4H3/b10-9+. The van der Waals surface area contributed by atoms with Gasteiger partial charge in [-0.2, -0.15) is 0 Å². The number of ether oxygens (including phenoxy) is 1. The van der Waals surface area contributed by atoms with Crippen LogP contribution in [0.3, 0.4) is 0 Å². The van der Waals surface area contributed by atoms with Crippen LogP contribution in [0.25, 0.3) is 10.1 Å². The van der Waals surface area contributed by atoms with E-state index < -0.39 is 8.80 Å². The van der Waals surface area contributed by atoms with E-state index >= 15 is 0 Å². The Kier molecular flexibility index (Phi) is 6.68. The molecule has 1 aromatic heterocycles. The normalized spacial score (nSPS) is 14.3. The Morgan fingerprint density at radius 3 is 2.73 bits per heavy atom. The number of fused-ring (bicyclic) bond motifs is 1. The molecule has 1 nitrogen and oxygen atoms in total. The average Bonchev–Trinajstić information content (AvgIpc) is 2.88. The van der Waals surface area contributed by atoms with E-state index in [0.29, 0.717) is 5.04 Å². The summed E-state index contributed by atoms with van der Waals surface area (Å²) in [7, 11) is -0.720. The minimum atomic E-state index is -0.720. The number of hydrogen-bond donors (Lipinski definition) is 0. The first-order valence-corrected chi connectivity index (χ1v) is 12.8. The zero-order chi connectivity index (χ0) is 16.2. The van der Waals surface area contributed by atoms with E-state index in [0.717, 1.165) is 13.0 Å². The molecule has 0 saturated carbocycles. The molecule has 1 heterocycles. The predicted molar refractivity (Wildman–Crippen MR) is 111 cm³/mol. The average molecular weight is 444 g/mol. The Morgan fingerprint density at radius 2 is 2.05 bits per heavy atom. The van der Waals surface area contributed by atoms with Crippen molar-refractivity contribution in [3.05, 3.63) is 45.4 Å².